The van der Waals surface area contributed by atoms with Gasteiger partial charge in [-0.3, -0.25) is 4.79 Å². The van der Waals surface area contributed by atoms with E-state index in [0.29, 0.717) is 12.5 Å². The number of hydrogen-bond donors (Lipinski definition) is 2. The number of carbonyl (C=O) groups excluding carboxylic acids is 1. The number of amides is 1. The second-order valence-corrected chi connectivity index (χ2v) is 8.52. The lowest BCUT2D eigenvalue weighted by Crippen LogP contribution is -2.40. The van der Waals surface area contributed by atoms with Gasteiger partial charge in [0.15, 0.2) is 9.84 Å². The SMILES string of the molecule is NCC1CCCC1NC(=O)CCS(=O)(=O)C1CCCC1. The first-order valence-electron chi connectivity index (χ1n) is 7.74. The third kappa shape index (κ3) is 3.95. The van der Waals surface area contributed by atoms with E-state index in [1.165, 1.54) is 0 Å². The molecule has 116 valence electrons. The summed E-state index contributed by atoms with van der Waals surface area (Å²) in [5.41, 5.74) is 5.68. The minimum Gasteiger partial charge on any atom is -0.353 e. The van der Waals surface area contributed by atoms with E-state index >= 15 is 0 Å². The summed E-state index contributed by atoms with van der Waals surface area (Å²) in [6.07, 6.45) is 6.72. The Morgan fingerprint density at radius 3 is 2.45 bits per heavy atom. The second kappa shape index (κ2) is 6.89. The zero-order chi connectivity index (χ0) is 14.6. The second-order valence-electron chi connectivity index (χ2n) is 6.12. The van der Waals surface area contributed by atoms with Gasteiger partial charge in [0.2, 0.25) is 5.91 Å². The van der Waals surface area contributed by atoms with Gasteiger partial charge >= 0.3 is 0 Å². The van der Waals surface area contributed by atoms with Gasteiger partial charge in [0.05, 0.1) is 11.0 Å². The largest absolute Gasteiger partial charge is 0.353 e. The molecule has 0 saturated heterocycles. The van der Waals surface area contributed by atoms with E-state index in [9.17, 15) is 13.2 Å². The maximum Gasteiger partial charge on any atom is 0.221 e. The molecule has 6 heteroatoms. The zero-order valence-corrected chi connectivity index (χ0v) is 12.8. The summed E-state index contributed by atoms with van der Waals surface area (Å²) in [7, 11) is -3.09. The monoisotopic (exact) mass is 302 g/mol. The number of nitrogens with one attached hydrogen (secondary N) is 1. The summed E-state index contributed by atoms with van der Waals surface area (Å²) >= 11 is 0. The molecule has 0 aliphatic heterocycles. The first-order valence-corrected chi connectivity index (χ1v) is 9.45. The Labute approximate surface area is 121 Å². The van der Waals surface area contributed by atoms with E-state index in [0.717, 1.165) is 44.9 Å². The third-order valence-corrected chi connectivity index (χ3v) is 6.99. The third-order valence-electron chi connectivity index (χ3n) is 4.73. The minimum atomic E-state index is -3.09. The smallest absolute Gasteiger partial charge is 0.221 e. The average molecular weight is 302 g/mol. The fraction of sp³-hybridized carbons (Fsp3) is 0.929. The van der Waals surface area contributed by atoms with Crippen LogP contribution in [-0.2, 0) is 14.6 Å². The Morgan fingerprint density at radius 2 is 1.80 bits per heavy atom. The Balaban J connectivity index is 1.77. The van der Waals surface area contributed by atoms with Gasteiger partial charge in [-0.25, -0.2) is 8.42 Å². The molecule has 0 spiro atoms. The molecular formula is C14H26N2O3S. The van der Waals surface area contributed by atoms with Crippen LogP contribution in [0.25, 0.3) is 0 Å². The van der Waals surface area contributed by atoms with Crippen LogP contribution in [0.15, 0.2) is 0 Å². The lowest BCUT2D eigenvalue weighted by molar-refractivity contribution is -0.121. The molecule has 2 unspecified atom stereocenters. The van der Waals surface area contributed by atoms with Crippen LogP contribution in [-0.4, -0.2) is 37.9 Å². The van der Waals surface area contributed by atoms with Crippen LogP contribution in [0, 0.1) is 5.92 Å². The predicted molar refractivity (Wildman–Crippen MR) is 79.0 cm³/mol. The fourth-order valence-corrected chi connectivity index (χ4v) is 5.29. The van der Waals surface area contributed by atoms with Crippen LogP contribution in [0.5, 0.6) is 0 Å². The van der Waals surface area contributed by atoms with Gasteiger partial charge in [-0.15, -0.1) is 0 Å². The van der Waals surface area contributed by atoms with Crippen molar-refractivity contribution in [2.75, 3.05) is 12.3 Å². The minimum absolute atomic E-state index is 0.0104. The van der Waals surface area contributed by atoms with E-state index in [4.69, 9.17) is 5.73 Å². The van der Waals surface area contributed by atoms with Crippen LogP contribution in [0.1, 0.15) is 51.4 Å². The molecule has 2 fully saturated rings. The molecule has 20 heavy (non-hydrogen) atoms. The highest BCUT2D eigenvalue weighted by atomic mass is 32.2. The van der Waals surface area contributed by atoms with E-state index in [2.05, 4.69) is 5.32 Å². The van der Waals surface area contributed by atoms with Crippen LogP contribution in [0.2, 0.25) is 0 Å². The van der Waals surface area contributed by atoms with Gasteiger partial charge in [-0.1, -0.05) is 19.3 Å². The van der Waals surface area contributed by atoms with Crippen LogP contribution < -0.4 is 11.1 Å². The maximum atomic E-state index is 12.1. The highest BCUT2D eigenvalue weighted by molar-refractivity contribution is 7.92. The normalized spacial score (nSPS) is 27.9. The molecule has 0 heterocycles. The van der Waals surface area contributed by atoms with E-state index in [1.54, 1.807) is 0 Å². The van der Waals surface area contributed by atoms with Crippen LogP contribution >= 0.6 is 0 Å². The van der Waals surface area contributed by atoms with Crippen molar-refractivity contribution in [3.63, 3.8) is 0 Å². The van der Waals surface area contributed by atoms with Gasteiger partial charge in [-0.2, -0.15) is 0 Å². The molecule has 0 aromatic heterocycles. The molecule has 2 rings (SSSR count). The summed E-state index contributed by atoms with van der Waals surface area (Å²) in [4.78, 5) is 11.9. The van der Waals surface area contributed by atoms with Gasteiger partial charge < -0.3 is 11.1 Å². The maximum absolute atomic E-state index is 12.1. The molecule has 0 radical (unpaired) electrons. The van der Waals surface area contributed by atoms with Gasteiger partial charge in [0.1, 0.15) is 0 Å². The van der Waals surface area contributed by atoms with E-state index < -0.39 is 9.84 Å². The van der Waals surface area contributed by atoms with Crippen molar-refractivity contribution < 1.29 is 13.2 Å². The van der Waals surface area contributed by atoms with Crippen molar-refractivity contribution in [1.82, 2.24) is 5.32 Å². The first-order chi connectivity index (χ1) is 9.53. The molecule has 0 aromatic rings. The quantitative estimate of drug-likeness (QED) is 0.765. The number of sulfone groups is 1. The average Bonchev–Trinajstić information content (AvgIpc) is 3.07. The lowest BCUT2D eigenvalue weighted by Gasteiger charge is -2.19. The number of rotatable bonds is 6. The molecule has 1 amide bonds. The van der Waals surface area contributed by atoms with Crippen molar-refractivity contribution in [3.05, 3.63) is 0 Å². The topological polar surface area (TPSA) is 89.3 Å². The summed E-state index contributed by atoms with van der Waals surface area (Å²) in [6.45, 7) is 0.589. The molecule has 0 aromatic carbocycles. The Bertz CT molecular complexity index is 430. The Morgan fingerprint density at radius 1 is 1.10 bits per heavy atom. The van der Waals surface area contributed by atoms with Crippen molar-refractivity contribution in [3.8, 4) is 0 Å². The van der Waals surface area contributed by atoms with Crippen molar-refractivity contribution >= 4 is 15.7 Å². The standard InChI is InChI=1S/C14H26N2O3S/c15-10-11-4-3-7-13(11)16-14(17)8-9-20(18,19)12-5-1-2-6-12/h11-13H,1-10,15H2,(H,16,17). The summed E-state index contributed by atoms with van der Waals surface area (Å²) in [6, 6.07) is 0.140. The molecule has 3 N–H and O–H groups in total. The number of carbonyl (C=O) groups is 1. The van der Waals surface area contributed by atoms with Crippen LogP contribution in [0.4, 0.5) is 0 Å². The van der Waals surface area contributed by atoms with E-state index in [-0.39, 0.29) is 29.4 Å². The lowest BCUT2D eigenvalue weighted by atomic mass is 10.0. The first kappa shape index (κ1) is 15.8. The predicted octanol–water partition coefficient (Wildman–Crippen LogP) is 0.977. The Hall–Kier alpha value is -0.620. The summed E-state index contributed by atoms with van der Waals surface area (Å²) in [5.74, 6) is 0.200. The Kier molecular flexibility index (Phi) is 5.43. The van der Waals surface area contributed by atoms with Crippen molar-refractivity contribution in [2.45, 2.75) is 62.7 Å². The van der Waals surface area contributed by atoms with Gasteiger partial charge in [0.25, 0.3) is 0 Å². The number of nitrogens with two attached hydrogens (primary N) is 1. The summed E-state index contributed by atoms with van der Waals surface area (Å²) in [5, 5.41) is 2.75. The molecule has 0 bridgehead atoms. The fourth-order valence-electron chi connectivity index (χ4n) is 3.44. The highest BCUT2D eigenvalue weighted by Gasteiger charge is 2.30. The zero-order valence-electron chi connectivity index (χ0n) is 12.0. The molecule has 5 nitrogen and oxygen atoms in total. The molecule has 2 aliphatic carbocycles. The van der Waals surface area contributed by atoms with Crippen LogP contribution in [0.3, 0.4) is 0 Å². The van der Waals surface area contributed by atoms with Gasteiger partial charge in [-0.05, 0) is 38.1 Å². The summed E-state index contributed by atoms with van der Waals surface area (Å²) < 4.78 is 24.2. The molecule has 2 atom stereocenters. The van der Waals surface area contributed by atoms with Crippen molar-refractivity contribution in [1.29, 1.82) is 0 Å². The number of hydrogen-bond acceptors (Lipinski definition) is 4. The molecule has 2 saturated carbocycles. The van der Waals surface area contributed by atoms with Crippen molar-refractivity contribution in [2.24, 2.45) is 11.7 Å². The molecular weight excluding hydrogens is 276 g/mol. The molecule has 2 aliphatic rings. The van der Waals surface area contributed by atoms with E-state index in [1.807, 2.05) is 0 Å². The highest BCUT2D eigenvalue weighted by Crippen LogP contribution is 2.26. The van der Waals surface area contributed by atoms with Gasteiger partial charge in [0, 0.05) is 12.5 Å².